The highest BCUT2D eigenvalue weighted by Crippen LogP contribution is 2.32. The zero-order valence-corrected chi connectivity index (χ0v) is 19.5. The van der Waals surface area contributed by atoms with Crippen molar-refractivity contribution in [3.63, 3.8) is 0 Å². The van der Waals surface area contributed by atoms with E-state index >= 15 is 0 Å². The van der Waals surface area contributed by atoms with Crippen molar-refractivity contribution in [3.8, 4) is 5.75 Å². The van der Waals surface area contributed by atoms with Crippen LogP contribution in [0.5, 0.6) is 5.75 Å². The molecular weight excluding hydrogens is 476 g/mol. The van der Waals surface area contributed by atoms with Gasteiger partial charge in [0.05, 0.1) is 23.5 Å². The molecular formula is C23H18N4O5S2. The second kappa shape index (κ2) is 9.89. The standard InChI is InChI=1S/C23H18N4O5S2/c1-32-18-10-8-15(9-11-18)21(28)24-26-22(29)20(34-23(26)33)13-17-6-4-12-25(17)14-16-5-2-3-7-19(16)27(30)31/h2-13H,14H2,1H3,(H,24,28)/b20-13+. The lowest BCUT2D eigenvalue weighted by Crippen LogP contribution is -2.44. The number of ether oxygens (including phenoxy) is 1. The Hall–Kier alpha value is -3.96. The maximum Gasteiger partial charge on any atom is 0.285 e. The van der Waals surface area contributed by atoms with Crippen LogP contribution in [0.15, 0.2) is 71.8 Å². The molecule has 2 heterocycles. The molecule has 0 spiro atoms. The molecule has 2 amide bonds. The first kappa shape index (κ1) is 23.2. The monoisotopic (exact) mass is 494 g/mol. The van der Waals surface area contributed by atoms with Gasteiger partial charge in [0.25, 0.3) is 17.5 Å². The Labute approximate surface area is 204 Å². The Morgan fingerprint density at radius 3 is 2.62 bits per heavy atom. The van der Waals surface area contributed by atoms with E-state index in [-0.39, 0.29) is 16.6 Å². The highest BCUT2D eigenvalue weighted by molar-refractivity contribution is 8.26. The molecule has 172 valence electrons. The van der Waals surface area contributed by atoms with Crippen LogP contribution in [0.25, 0.3) is 6.08 Å². The van der Waals surface area contributed by atoms with Gasteiger partial charge in [0.15, 0.2) is 4.32 Å². The van der Waals surface area contributed by atoms with Crippen LogP contribution in [-0.2, 0) is 11.3 Å². The van der Waals surface area contributed by atoms with Crippen LogP contribution in [0, 0.1) is 10.1 Å². The number of methoxy groups -OCH3 is 1. The minimum atomic E-state index is -0.486. The van der Waals surface area contributed by atoms with Crippen LogP contribution in [-0.4, -0.2) is 37.7 Å². The van der Waals surface area contributed by atoms with E-state index in [0.29, 0.717) is 27.5 Å². The molecule has 3 aromatic rings. The van der Waals surface area contributed by atoms with Gasteiger partial charge in [-0.2, -0.15) is 5.01 Å². The number of nitro benzene ring substituents is 1. The van der Waals surface area contributed by atoms with E-state index in [1.54, 1.807) is 71.4 Å². The first-order valence-electron chi connectivity index (χ1n) is 9.98. The first-order chi connectivity index (χ1) is 16.4. The second-order valence-electron chi connectivity index (χ2n) is 7.13. The number of aromatic nitrogens is 1. The number of hydrazine groups is 1. The average molecular weight is 495 g/mol. The van der Waals surface area contributed by atoms with Crippen molar-refractivity contribution in [1.29, 1.82) is 0 Å². The minimum Gasteiger partial charge on any atom is -0.497 e. The molecule has 9 nitrogen and oxygen atoms in total. The molecule has 11 heteroatoms. The number of thiocarbonyl (C=S) groups is 1. The third kappa shape index (κ3) is 4.85. The van der Waals surface area contributed by atoms with Gasteiger partial charge in [0.1, 0.15) is 5.75 Å². The summed E-state index contributed by atoms with van der Waals surface area (Å²) in [5, 5.41) is 12.4. The summed E-state index contributed by atoms with van der Waals surface area (Å²) in [5.74, 6) is -0.343. The van der Waals surface area contributed by atoms with Crippen molar-refractivity contribution in [2.75, 3.05) is 7.11 Å². The van der Waals surface area contributed by atoms with Crippen LogP contribution < -0.4 is 10.2 Å². The molecule has 1 aliphatic heterocycles. The van der Waals surface area contributed by atoms with Gasteiger partial charge >= 0.3 is 0 Å². The number of carbonyl (C=O) groups is 2. The van der Waals surface area contributed by atoms with Crippen molar-refractivity contribution >= 4 is 51.9 Å². The Bertz CT molecular complexity index is 1320. The number of para-hydroxylation sites is 1. The van der Waals surface area contributed by atoms with Gasteiger partial charge in [0, 0.05) is 29.1 Å². The van der Waals surface area contributed by atoms with E-state index in [1.807, 2.05) is 0 Å². The minimum absolute atomic E-state index is 0.0229. The number of rotatable bonds is 7. The third-order valence-electron chi connectivity index (χ3n) is 5.03. The number of hydrogen-bond acceptors (Lipinski definition) is 7. The summed E-state index contributed by atoms with van der Waals surface area (Å²) in [5.41, 5.74) is 4.11. The average Bonchev–Trinajstić information content (AvgIpc) is 3.38. The molecule has 1 aliphatic rings. The number of nitro groups is 1. The normalized spacial score (nSPS) is 14.5. The molecule has 0 aliphatic carbocycles. The molecule has 0 saturated carbocycles. The van der Waals surface area contributed by atoms with Gasteiger partial charge in [-0.3, -0.25) is 25.1 Å². The number of hydrogen-bond donors (Lipinski definition) is 1. The van der Waals surface area contributed by atoms with Crippen molar-refractivity contribution in [2.24, 2.45) is 0 Å². The van der Waals surface area contributed by atoms with Gasteiger partial charge in [0.2, 0.25) is 0 Å². The highest BCUT2D eigenvalue weighted by atomic mass is 32.2. The van der Waals surface area contributed by atoms with Crippen LogP contribution >= 0.6 is 24.0 Å². The van der Waals surface area contributed by atoms with Gasteiger partial charge in [-0.25, -0.2) is 0 Å². The van der Waals surface area contributed by atoms with Crippen molar-refractivity contribution < 1.29 is 19.2 Å². The van der Waals surface area contributed by atoms with Crippen molar-refractivity contribution in [2.45, 2.75) is 6.54 Å². The van der Waals surface area contributed by atoms with Gasteiger partial charge in [-0.15, -0.1) is 0 Å². The summed E-state index contributed by atoms with van der Waals surface area (Å²) < 4.78 is 7.07. The fourth-order valence-corrected chi connectivity index (χ4v) is 4.48. The molecule has 1 fully saturated rings. The van der Waals surface area contributed by atoms with E-state index in [1.165, 1.54) is 13.2 Å². The third-order valence-corrected chi connectivity index (χ3v) is 6.33. The lowest BCUT2D eigenvalue weighted by atomic mass is 10.2. The fraction of sp³-hybridized carbons (Fsp3) is 0.0870. The summed E-state index contributed by atoms with van der Waals surface area (Å²) >= 11 is 6.35. The van der Waals surface area contributed by atoms with Crippen LogP contribution in [0.4, 0.5) is 5.69 Å². The molecule has 0 atom stereocenters. The molecule has 0 radical (unpaired) electrons. The first-order valence-corrected chi connectivity index (χ1v) is 11.2. The predicted octanol–water partition coefficient (Wildman–Crippen LogP) is 4.00. The number of nitrogens with one attached hydrogen (secondary N) is 1. The number of thioether (sulfide) groups is 1. The van der Waals surface area contributed by atoms with Gasteiger partial charge in [-0.1, -0.05) is 30.0 Å². The quantitative estimate of drug-likeness (QED) is 0.229. The molecule has 2 aromatic carbocycles. The smallest absolute Gasteiger partial charge is 0.285 e. The SMILES string of the molecule is COc1ccc(C(=O)NN2C(=O)/C(=C\c3cccn3Cc3ccccc3[N+](=O)[O-])SC2=S)cc1. The van der Waals surface area contributed by atoms with E-state index in [2.05, 4.69) is 5.43 Å². The van der Waals surface area contributed by atoms with Crippen molar-refractivity contribution in [3.05, 3.63) is 98.7 Å². The van der Waals surface area contributed by atoms with Crippen LogP contribution in [0.1, 0.15) is 21.6 Å². The van der Waals surface area contributed by atoms with Gasteiger partial charge in [-0.05, 0) is 54.7 Å². The predicted molar refractivity (Wildman–Crippen MR) is 132 cm³/mol. The topological polar surface area (TPSA) is 107 Å². The molecule has 4 rings (SSSR count). The van der Waals surface area contributed by atoms with Crippen LogP contribution in [0.3, 0.4) is 0 Å². The Morgan fingerprint density at radius 1 is 1.18 bits per heavy atom. The molecule has 34 heavy (non-hydrogen) atoms. The maximum atomic E-state index is 12.9. The number of nitrogens with zero attached hydrogens (tertiary/aromatic N) is 3. The summed E-state index contributed by atoms with van der Waals surface area (Å²) in [6, 6.07) is 16.5. The number of benzene rings is 2. The van der Waals surface area contributed by atoms with E-state index in [9.17, 15) is 19.7 Å². The lowest BCUT2D eigenvalue weighted by Gasteiger charge is -2.15. The summed E-state index contributed by atoms with van der Waals surface area (Å²) in [7, 11) is 1.53. The molecule has 1 aromatic heterocycles. The van der Waals surface area contributed by atoms with E-state index < -0.39 is 16.7 Å². The summed E-state index contributed by atoms with van der Waals surface area (Å²) in [4.78, 5) is 36.7. The largest absolute Gasteiger partial charge is 0.497 e. The van der Waals surface area contributed by atoms with Crippen LogP contribution in [0.2, 0.25) is 0 Å². The fourth-order valence-electron chi connectivity index (χ4n) is 3.32. The molecule has 1 saturated heterocycles. The van der Waals surface area contributed by atoms with Gasteiger partial charge < -0.3 is 9.30 Å². The summed E-state index contributed by atoms with van der Waals surface area (Å²) in [6.07, 6.45) is 3.42. The second-order valence-corrected chi connectivity index (χ2v) is 8.81. The number of carbonyl (C=O) groups excluding carboxylic acids is 2. The number of amides is 2. The Balaban J connectivity index is 1.51. The molecule has 0 bridgehead atoms. The Morgan fingerprint density at radius 2 is 1.91 bits per heavy atom. The zero-order valence-electron chi connectivity index (χ0n) is 17.8. The zero-order chi connectivity index (χ0) is 24.2. The maximum absolute atomic E-state index is 12.9. The van der Waals surface area contributed by atoms with E-state index in [0.717, 1.165) is 16.8 Å². The highest BCUT2D eigenvalue weighted by Gasteiger charge is 2.34. The Kier molecular flexibility index (Phi) is 6.75. The summed E-state index contributed by atoms with van der Waals surface area (Å²) in [6.45, 7) is 0.254. The molecule has 0 unspecified atom stereocenters. The molecule has 1 N–H and O–H groups in total. The van der Waals surface area contributed by atoms with E-state index in [4.69, 9.17) is 17.0 Å². The lowest BCUT2D eigenvalue weighted by molar-refractivity contribution is -0.385. The van der Waals surface area contributed by atoms with Crippen molar-refractivity contribution in [1.82, 2.24) is 15.0 Å².